The molecular formula is C34H56N2O4. The molecule has 0 heterocycles. The molecule has 0 radical (unpaired) electrons. The van der Waals surface area contributed by atoms with Gasteiger partial charge in [0.05, 0.1) is 11.2 Å². The van der Waals surface area contributed by atoms with E-state index in [0.29, 0.717) is 12.8 Å². The van der Waals surface area contributed by atoms with Gasteiger partial charge in [0.2, 0.25) is 11.8 Å². The Balaban J connectivity index is 1.97. The van der Waals surface area contributed by atoms with E-state index in [1.54, 1.807) is 0 Å². The minimum absolute atomic E-state index is 0.0729. The molecular weight excluding hydrogens is 500 g/mol. The molecule has 0 fully saturated rings. The maximum absolute atomic E-state index is 12.6. The lowest BCUT2D eigenvalue weighted by Gasteiger charge is -2.38. The zero-order valence-electron chi connectivity index (χ0n) is 27.3. The summed E-state index contributed by atoms with van der Waals surface area (Å²) >= 11 is 0. The lowest BCUT2D eigenvalue weighted by Crippen LogP contribution is -2.43. The molecule has 0 saturated heterocycles. The zero-order valence-corrected chi connectivity index (χ0v) is 27.3. The van der Waals surface area contributed by atoms with E-state index in [9.17, 15) is 19.8 Å². The first-order chi connectivity index (χ1) is 17.8. The van der Waals surface area contributed by atoms with Crippen LogP contribution in [0.4, 0.5) is 0 Å². The standard InChI is InChI=1S/C34H56N2O4/c1-29(2,3)23-17-24(30(4,5)6)20-33(39,19-23)15-13-27(37)35-36-28(38)14-16-34(40)21-25(31(7,8)9)18-26(22-34)32(10,11)12/h17-19,21,39-40H,13-16,20,22H2,1-12H3,(H,35,37)(H,36,38). The van der Waals surface area contributed by atoms with Crippen LogP contribution in [0.1, 0.15) is 122 Å². The van der Waals surface area contributed by atoms with E-state index in [4.69, 9.17) is 0 Å². The van der Waals surface area contributed by atoms with Gasteiger partial charge in [-0.3, -0.25) is 20.4 Å². The number of rotatable bonds is 6. The van der Waals surface area contributed by atoms with Crippen LogP contribution in [0.25, 0.3) is 0 Å². The van der Waals surface area contributed by atoms with Gasteiger partial charge in [0, 0.05) is 25.7 Å². The third kappa shape index (κ3) is 9.73. The number of nitrogens with one attached hydrogen (secondary N) is 2. The highest BCUT2D eigenvalue weighted by atomic mass is 16.3. The van der Waals surface area contributed by atoms with Gasteiger partial charge < -0.3 is 10.2 Å². The molecule has 0 aliphatic heterocycles. The topological polar surface area (TPSA) is 98.7 Å². The second-order valence-corrected chi connectivity index (χ2v) is 16.2. The lowest BCUT2D eigenvalue weighted by molar-refractivity contribution is -0.129. The molecule has 0 aromatic carbocycles. The van der Waals surface area contributed by atoms with Crippen LogP contribution >= 0.6 is 0 Å². The average molecular weight is 557 g/mol. The highest BCUT2D eigenvalue weighted by molar-refractivity contribution is 5.82. The molecule has 2 aliphatic rings. The molecule has 0 aromatic heterocycles. The minimum Gasteiger partial charge on any atom is -0.385 e. The second-order valence-electron chi connectivity index (χ2n) is 16.2. The Kier molecular flexibility index (Phi) is 9.87. The summed E-state index contributed by atoms with van der Waals surface area (Å²) in [6, 6.07) is 0. The minimum atomic E-state index is -1.12. The zero-order chi connectivity index (χ0) is 30.9. The third-order valence-electron chi connectivity index (χ3n) is 8.07. The van der Waals surface area contributed by atoms with Crippen LogP contribution in [0.5, 0.6) is 0 Å². The Morgan fingerprint density at radius 2 is 0.925 bits per heavy atom. The monoisotopic (exact) mass is 556 g/mol. The highest BCUT2D eigenvalue weighted by Gasteiger charge is 2.37. The fourth-order valence-corrected chi connectivity index (χ4v) is 4.98. The van der Waals surface area contributed by atoms with Gasteiger partial charge in [-0.1, -0.05) is 106 Å². The summed E-state index contributed by atoms with van der Waals surface area (Å²) in [6.45, 7) is 25.5. The van der Waals surface area contributed by atoms with E-state index in [-0.39, 0.29) is 59.2 Å². The van der Waals surface area contributed by atoms with Crippen molar-refractivity contribution in [2.45, 2.75) is 133 Å². The summed E-state index contributed by atoms with van der Waals surface area (Å²) in [5, 5.41) is 22.9. The summed E-state index contributed by atoms with van der Waals surface area (Å²) in [5.74, 6) is -0.716. The Morgan fingerprint density at radius 3 is 1.18 bits per heavy atom. The van der Waals surface area contributed by atoms with Crippen LogP contribution in [-0.4, -0.2) is 33.2 Å². The number of carbonyl (C=O) groups is 2. The quantitative estimate of drug-likeness (QED) is 0.269. The molecule has 226 valence electrons. The molecule has 2 rings (SSSR count). The van der Waals surface area contributed by atoms with Crippen molar-refractivity contribution in [3.05, 3.63) is 46.6 Å². The molecule has 2 aliphatic carbocycles. The van der Waals surface area contributed by atoms with Crippen LogP contribution in [0.15, 0.2) is 46.6 Å². The number of hydrazine groups is 1. The SMILES string of the molecule is CC(C)(C)C1=CC(O)(CCC(=O)NNC(=O)CCC2(O)C=C(C(C)(C)C)C=C(C(C)(C)C)C2)CC(C(C)(C)C)=C1. The van der Waals surface area contributed by atoms with E-state index in [1.165, 1.54) is 0 Å². The summed E-state index contributed by atoms with van der Waals surface area (Å²) in [7, 11) is 0. The second kappa shape index (κ2) is 11.6. The van der Waals surface area contributed by atoms with Crippen molar-refractivity contribution in [1.29, 1.82) is 0 Å². The lowest BCUT2D eigenvalue weighted by atomic mass is 9.70. The Hall–Kier alpha value is -2.18. The summed E-state index contributed by atoms with van der Waals surface area (Å²) in [4.78, 5) is 25.3. The van der Waals surface area contributed by atoms with Crippen molar-refractivity contribution in [1.82, 2.24) is 10.9 Å². The van der Waals surface area contributed by atoms with E-state index in [2.05, 4.69) is 106 Å². The van der Waals surface area contributed by atoms with Gasteiger partial charge >= 0.3 is 0 Å². The fourth-order valence-electron chi connectivity index (χ4n) is 4.98. The Bertz CT molecular complexity index is 1010. The van der Waals surface area contributed by atoms with Gasteiger partial charge in [-0.15, -0.1) is 0 Å². The Morgan fingerprint density at radius 1 is 0.625 bits per heavy atom. The molecule has 0 saturated carbocycles. The predicted molar refractivity (Wildman–Crippen MR) is 164 cm³/mol. The van der Waals surface area contributed by atoms with Crippen LogP contribution in [0.2, 0.25) is 0 Å². The Labute approximate surface area is 243 Å². The predicted octanol–water partition coefficient (Wildman–Crippen LogP) is 6.85. The smallest absolute Gasteiger partial charge is 0.238 e. The maximum Gasteiger partial charge on any atom is 0.238 e. The molecule has 2 atom stereocenters. The third-order valence-corrected chi connectivity index (χ3v) is 8.07. The van der Waals surface area contributed by atoms with Crippen LogP contribution in [-0.2, 0) is 9.59 Å². The number of amides is 2. The number of carbonyl (C=O) groups excluding carboxylic acids is 2. The van der Waals surface area contributed by atoms with Crippen LogP contribution in [0.3, 0.4) is 0 Å². The fraction of sp³-hybridized carbons (Fsp3) is 0.706. The number of allylic oxidation sites excluding steroid dienone is 4. The van der Waals surface area contributed by atoms with E-state index >= 15 is 0 Å². The van der Waals surface area contributed by atoms with Gasteiger partial charge in [0.15, 0.2) is 0 Å². The summed E-state index contributed by atoms with van der Waals surface area (Å²) in [6.07, 6.45) is 9.79. The van der Waals surface area contributed by atoms with Crippen molar-refractivity contribution in [3.63, 3.8) is 0 Å². The van der Waals surface area contributed by atoms with Crippen molar-refractivity contribution in [3.8, 4) is 0 Å². The number of hydrogen-bond acceptors (Lipinski definition) is 4. The summed E-state index contributed by atoms with van der Waals surface area (Å²) < 4.78 is 0. The molecule has 40 heavy (non-hydrogen) atoms. The molecule has 6 heteroatoms. The first kappa shape index (κ1) is 34.0. The van der Waals surface area contributed by atoms with Crippen molar-refractivity contribution >= 4 is 11.8 Å². The maximum atomic E-state index is 12.6. The highest BCUT2D eigenvalue weighted by Crippen LogP contribution is 2.44. The van der Waals surface area contributed by atoms with Gasteiger partial charge in [0.25, 0.3) is 0 Å². The van der Waals surface area contributed by atoms with E-state index in [0.717, 1.165) is 22.3 Å². The van der Waals surface area contributed by atoms with Crippen LogP contribution in [0, 0.1) is 21.7 Å². The van der Waals surface area contributed by atoms with Gasteiger partial charge in [-0.2, -0.15) is 0 Å². The van der Waals surface area contributed by atoms with Crippen molar-refractivity contribution in [2.75, 3.05) is 0 Å². The van der Waals surface area contributed by atoms with Crippen molar-refractivity contribution < 1.29 is 19.8 Å². The summed E-state index contributed by atoms with van der Waals surface area (Å²) in [5.41, 5.74) is 6.74. The molecule has 0 spiro atoms. The van der Waals surface area contributed by atoms with Gasteiger partial charge in [-0.25, -0.2) is 0 Å². The van der Waals surface area contributed by atoms with Crippen LogP contribution < -0.4 is 10.9 Å². The molecule has 0 aromatic rings. The van der Waals surface area contributed by atoms with Crippen molar-refractivity contribution in [2.24, 2.45) is 21.7 Å². The first-order valence-electron chi connectivity index (χ1n) is 14.7. The first-order valence-corrected chi connectivity index (χ1v) is 14.7. The van der Waals surface area contributed by atoms with E-state index < -0.39 is 11.2 Å². The molecule has 2 unspecified atom stereocenters. The normalized spacial score (nSPS) is 24.4. The van der Waals surface area contributed by atoms with E-state index in [1.807, 2.05) is 12.2 Å². The van der Waals surface area contributed by atoms with Gasteiger partial charge in [-0.05, 0) is 57.8 Å². The molecule has 0 bridgehead atoms. The van der Waals surface area contributed by atoms with Gasteiger partial charge in [0.1, 0.15) is 0 Å². The molecule has 2 amide bonds. The average Bonchev–Trinajstić information content (AvgIpc) is 2.77. The largest absolute Gasteiger partial charge is 0.385 e. The molecule has 4 N–H and O–H groups in total. The number of hydrogen-bond donors (Lipinski definition) is 4. The number of aliphatic hydroxyl groups is 2. The molecule has 6 nitrogen and oxygen atoms in total.